The highest BCUT2D eigenvalue weighted by molar-refractivity contribution is 5.85. The third-order valence-corrected chi connectivity index (χ3v) is 3.98. The van der Waals surface area contributed by atoms with E-state index in [-0.39, 0.29) is 10.6 Å². The molecule has 0 unspecified atom stereocenters. The molecule has 0 N–H and O–H groups in total. The molecule has 0 aromatic heterocycles. The van der Waals surface area contributed by atoms with Gasteiger partial charge in [-0.2, -0.15) is 0 Å². The molecule has 3 rings (SSSR count). The highest BCUT2D eigenvalue weighted by Gasteiger charge is 2.21. The van der Waals surface area contributed by atoms with E-state index in [0.717, 1.165) is 11.4 Å². The zero-order valence-corrected chi connectivity index (χ0v) is 13.9. The van der Waals surface area contributed by atoms with Crippen LogP contribution in [0, 0.1) is 10.1 Å². The summed E-state index contributed by atoms with van der Waals surface area (Å²) in [5, 5.41) is 11.5. The predicted molar refractivity (Wildman–Crippen MR) is 96.4 cm³/mol. The molecular formula is C18H19N3O4. The molecule has 0 amide bonds. The van der Waals surface area contributed by atoms with Crippen LogP contribution in [-0.2, 0) is 4.74 Å². The van der Waals surface area contributed by atoms with Crippen molar-refractivity contribution >= 4 is 23.3 Å². The van der Waals surface area contributed by atoms with Gasteiger partial charge in [-0.25, -0.2) is 0 Å². The number of hydrogen-bond donors (Lipinski definition) is 0. The second-order valence-corrected chi connectivity index (χ2v) is 5.56. The summed E-state index contributed by atoms with van der Waals surface area (Å²) in [6, 6.07) is 12.5. The van der Waals surface area contributed by atoms with E-state index in [0.29, 0.717) is 37.6 Å². The summed E-state index contributed by atoms with van der Waals surface area (Å²) in [4.78, 5) is 17.4. The van der Waals surface area contributed by atoms with Gasteiger partial charge in [0.2, 0.25) is 0 Å². The Morgan fingerprint density at radius 3 is 2.56 bits per heavy atom. The molecule has 7 nitrogen and oxygen atoms in total. The molecular weight excluding hydrogens is 322 g/mol. The summed E-state index contributed by atoms with van der Waals surface area (Å²) in [7, 11) is 1.60. The fourth-order valence-electron chi connectivity index (χ4n) is 2.66. The first-order valence-corrected chi connectivity index (χ1v) is 7.96. The van der Waals surface area contributed by atoms with Crippen molar-refractivity contribution in [2.24, 2.45) is 4.99 Å². The lowest BCUT2D eigenvalue weighted by Gasteiger charge is -2.28. The number of nitro benzene ring substituents is 1. The predicted octanol–water partition coefficient (Wildman–Crippen LogP) is 3.19. The Balaban J connectivity index is 1.83. The van der Waals surface area contributed by atoms with Crippen molar-refractivity contribution < 1.29 is 14.4 Å². The van der Waals surface area contributed by atoms with E-state index in [1.165, 1.54) is 0 Å². The lowest BCUT2D eigenvalue weighted by Crippen LogP contribution is -2.36. The smallest absolute Gasteiger partial charge is 0.293 e. The summed E-state index contributed by atoms with van der Waals surface area (Å²) in [6.45, 7) is 2.47. The number of nitrogens with zero attached hydrogens (tertiary/aromatic N) is 3. The average Bonchev–Trinajstić information content (AvgIpc) is 2.67. The van der Waals surface area contributed by atoms with E-state index in [9.17, 15) is 10.1 Å². The zero-order valence-electron chi connectivity index (χ0n) is 13.9. The lowest BCUT2D eigenvalue weighted by atomic mass is 10.1. The van der Waals surface area contributed by atoms with E-state index in [1.54, 1.807) is 25.5 Å². The Hall–Kier alpha value is -2.93. The van der Waals surface area contributed by atoms with Gasteiger partial charge in [0.1, 0.15) is 11.4 Å². The molecule has 1 saturated heterocycles. The minimum absolute atomic E-state index is 0.0839. The van der Waals surface area contributed by atoms with Gasteiger partial charge in [0, 0.05) is 25.4 Å². The van der Waals surface area contributed by atoms with Crippen LogP contribution >= 0.6 is 0 Å². The van der Waals surface area contributed by atoms with E-state index >= 15 is 0 Å². The zero-order chi connectivity index (χ0) is 17.6. The Kier molecular flexibility index (Phi) is 5.25. The first-order valence-electron chi connectivity index (χ1n) is 7.96. The van der Waals surface area contributed by atoms with Crippen LogP contribution in [0.2, 0.25) is 0 Å². The van der Waals surface area contributed by atoms with Crippen LogP contribution in [0.25, 0.3) is 0 Å². The molecule has 0 saturated carbocycles. The first kappa shape index (κ1) is 16.9. The van der Waals surface area contributed by atoms with Gasteiger partial charge < -0.3 is 14.4 Å². The molecule has 0 aliphatic carbocycles. The van der Waals surface area contributed by atoms with Crippen molar-refractivity contribution in [1.82, 2.24) is 0 Å². The molecule has 1 fully saturated rings. The van der Waals surface area contributed by atoms with Crippen LogP contribution in [0.5, 0.6) is 5.75 Å². The van der Waals surface area contributed by atoms with Gasteiger partial charge in [0.05, 0.1) is 30.9 Å². The number of aliphatic imine (C=N–C) groups is 1. The Bertz CT molecular complexity index is 768. The normalized spacial score (nSPS) is 14.7. The number of benzene rings is 2. The van der Waals surface area contributed by atoms with Crippen molar-refractivity contribution in [3.05, 3.63) is 58.1 Å². The number of methoxy groups -OCH3 is 1. The molecule has 2 aromatic carbocycles. The van der Waals surface area contributed by atoms with Gasteiger partial charge in [-0.3, -0.25) is 15.1 Å². The number of morpholine rings is 1. The number of nitro groups is 1. The number of ether oxygens (including phenoxy) is 2. The second-order valence-electron chi connectivity index (χ2n) is 5.56. The molecule has 0 atom stereocenters. The van der Waals surface area contributed by atoms with Crippen LogP contribution in [0.3, 0.4) is 0 Å². The maximum Gasteiger partial charge on any atom is 0.293 e. The number of hydrogen-bond acceptors (Lipinski definition) is 6. The first-order chi connectivity index (χ1) is 12.2. The average molecular weight is 341 g/mol. The van der Waals surface area contributed by atoms with Gasteiger partial charge in [-0.15, -0.1) is 0 Å². The third-order valence-electron chi connectivity index (χ3n) is 3.98. The monoisotopic (exact) mass is 341 g/mol. The van der Waals surface area contributed by atoms with Gasteiger partial charge in [-0.1, -0.05) is 6.07 Å². The molecule has 130 valence electrons. The standard InChI is InChI=1S/C18H19N3O4/c1-24-16-5-3-15(4-6-16)19-13-14-2-7-17(18(12-14)21(22)23)20-8-10-25-11-9-20/h2-7,12-13H,8-11H2,1H3. The summed E-state index contributed by atoms with van der Waals surface area (Å²) in [5.74, 6) is 0.754. The van der Waals surface area contributed by atoms with E-state index < -0.39 is 0 Å². The van der Waals surface area contributed by atoms with Gasteiger partial charge in [0.25, 0.3) is 5.69 Å². The topological polar surface area (TPSA) is 77.2 Å². The van der Waals surface area contributed by atoms with Crippen LogP contribution in [0.1, 0.15) is 5.56 Å². The van der Waals surface area contributed by atoms with Gasteiger partial charge in [-0.05, 0) is 35.9 Å². The molecule has 1 aliphatic rings. The van der Waals surface area contributed by atoms with E-state index in [2.05, 4.69) is 4.99 Å². The molecule has 0 radical (unpaired) electrons. The van der Waals surface area contributed by atoms with Crippen molar-refractivity contribution in [2.75, 3.05) is 38.3 Å². The highest BCUT2D eigenvalue weighted by atomic mass is 16.6. The number of anilines is 1. The highest BCUT2D eigenvalue weighted by Crippen LogP contribution is 2.29. The summed E-state index contributed by atoms with van der Waals surface area (Å²) < 4.78 is 10.4. The molecule has 7 heteroatoms. The summed E-state index contributed by atoms with van der Waals surface area (Å²) in [5.41, 5.74) is 2.13. The van der Waals surface area contributed by atoms with E-state index in [1.807, 2.05) is 35.2 Å². The molecule has 0 bridgehead atoms. The van der Waals surface area contributed by atoms with Crippen molar-refractivity contribution in [1.29, 1.82) is 0 Å². The molecule has 25 heavy (non-hydrogen) atoms. The quantitative estimate of drug-likeness (QED) is 0.474. The second kappa shape index (κ2) is 7.76. The number of rotatable bonds is 5. The molecule has 2 aromatic rings. The SMILES string of the molecule is COc1ccc(N=Cc2ccc(N3CCOCC3)c([N+](=O)[O-])c2)cc1. The molecule has 1 heterocycles. The van der Waals surface area contributed by atoms with Crippen LogP contribution < -0.4 is 9.64 Å². The van der Waals surface area contributed by atoms with Crippen LogP contribution in [-0.4, -0.2) is 44.6 Å². The largest absolute Gasteiger partial charge is 0.497 e. The Labute approximate surface area is 145 Å². The minimum atomic E-state index is -0.352. The minimum Gasteiger partial charge on any atom is -0.497 e. The van der Waals surface area contributed by atoms with Gasteiger partial charge >= 0.3 is 0 Å². The van der Waals surface area contributed by atoms with Crippen molar-refractivity contribution in [3.8, 4) is 5.75 Å². The van der Waals surface area contributed by atoms with Gasteiger partial charge in [0.15, 0.2) is 0 Å². The fraction of sp³-hybridized carbons (Fsp3) is 0.278. The van der Waals surface area contributed by atoms with Crippen LogP contribution in [0.4, 0.5) is 17.1 Å². The Morgan fingerprint density at radius 2 is 1.92 bits per heavy atom. The van der Waals surface area contributed by atoms with Crippen LogP contribution in [0.15, 0.2) is 47.5 Å². The fourth-order valence-corrected chi connectivity index (χ4v) is 2.66. The lowest BCUT2D eigenvalue weighted by molar-refractivity contribution is -0.384. The van der Waals surface area contributed by atoms with Crippen molar-refractivity contribution in [3.63, 3.8) is 0 Å². The van der Waals surface area contributed by atoms with E-state index in [4.69, 9.17) is 9.47 Å². The summed E-state index contributed by atoms with van der Waals surface area (Å²) >= 11 is 0. The molecule has 1 aliphatic heterocycles. The Morgan fingerprint density at radius 1 is 1.20 bits per heavy atom. The summed E-state index contributed by atoms with van der Waals surface area (Å²) in [6.07, 6.45) is 1.62. The van der Waals surface area contributed by atoms with Crippen molar-refractivity contribution in [2.45, 2.75) is 0 Å². The maximum atomic E-state index is 11.5. The maximum absolute atomic E-state index is 11.5. The molecule has 0 spiro atoms. The third kappa shape index (κ3) is 4.13.